The fourth-order valence-corrected chi connectivity index (χ4v) is 4.08. The molecule has 1 atom stereocenters. The first-order valence-electron chi connectivity index (χ1n) is 7.04. The van der Waals surface area contributed by atoms with E-state index >= 15 is 0 Å². The monoisotopic (exact) mass is 289 g/mol. The summed E-state index contributed by atoms with van der Waals surface area (Å²) in [5, 5.41) is 2.50. The van der Waals surface area contributed by atoms with Crippen molar-refractivity contribution in [1.82, 2.24) is 0 Å². The molecule has 0 saturated heterocycles. The van der Waals surface area contributed by atoms with E-state index in [9.17, 15) is 0 Å². The quantitative estimate of drug-likeness (QED) is 0.794. The molecule has 20 heavy (non-hydrogen) atoms. The third-order valence-corrected chi connectivity index (χ3v) is 6.56. The van der Waals surface area contributed by atoms with Crippen molar-refractivity contribution in [3.8, 4) is 0 Å². The van der Waals surface area contributed by atoms with Gasteiger partial charge in [0.2, 0.25) is 0 Å². The lowest BCUT2D eigenvalue weighted by Gasteiger charge is -2.25. The summed E-state index contributed by atoms with van der Waals surface area (Å²) in [6.45, 7) is 3.39. The Balaban J connectivity index is 2.12. The standard InChI is InChI=1S/C16H23NO2Si/c1-18-20(2,12-6-11-17)19-13-15-9-5-8-14-7-3-4-10-16(14)15/h3-5,7-10H,6,11-13,17H2,1-2H3. The minimum Gasteiger partial charge on any atom is -0.398 e. The Morgan fingerprint density at radius 3 is 2.60 bits per heavy atom. The molecule has 0 spiro atoms. The van der Waals surface area contributed by atoms with Crippen LogP contribution in [-0.2, 0) is 15.5 Å². The molecule has 0 fully saturated rings. The molecular formula is C16H23NO2Si. The van der Waals surface area contributed by atoms with Crippen LogP contribution >= 0.6 is 0 Å². The lowest BCUT2D eigenvalue weighted by molar-refractivity contribution is 0.195. The smallest absolute Gasteiger partial charge is 0.334 e. The largest absolute Gasteiger partial charge is 0.398 e. The normalized spacial score (nSPS) is 14.3. The van der Waals surface area contributed by atoms with E-state index in [1.165, 1.54) is 16.3 Å². The second-order valence-corrected chi connectivity index (χ2v) is 8.62. The first-order valence-corrected chi connectivity index (χ1v) is 9.57. The van der Waals surface area contributed by atoms with Gasteiger partial charge in [-0.05, 0) is 41.9 Å². The van der Waals surface area contributed by atoms with Crippen molar-refractivity contribution in [2.24, 2.45) is 5.73 Å². The van der Waals surface area contributed by atoms with Gasteiger partial charge in [0, 0.05) is 7.11 Å². The van der Waals surface area contributed by atoms with Crippen molar-refractivity contribution < 1.29 is 8.85 Å². The molecule has 2 N–H and O–H groups in total. The maximum Gasteiger partial charge on any atom is 0.334 e. The number of hydrogen-bond donors (Lipinski definition) is 1. The second-order valence-electron chi connectivity index (χ2n) is 5.16. The Morgan fingerprint density at radius 1 is 1.10 bits per heavy atom. The highest BCUT2D eigenvalue weighted by molar-refractivity contribution is 6.65. The molecule has 2 aromatic rings. The van der Waals surface area contributed by atoms with E-state index in [0.717, 1.165) is 12.5 Å². The average molecular weight is 289 g/mol. The molecule has 0 aromatic heterocycles. The van der Waals surface area contributed by atoms with E-state index in [-0.39, 0.29) is 0 Å². The summed E-state index contributed by atoms with van der Waals surface area (Å²) in [5.74, 6) is 0. The van der Waals surface area contributed by atoms with Gasteiger partial charge in [0.25, 0.3) is 0 Å². The molecule has 0 aliphatic carbocycles. The van der Waals surface area contributed by atoms with Crippen molar-refractivity contribution >= 4 is 19.3 Å². The van der Waals surface area contributed by atoms with E-state index in [0.29, 0.717) is 13.2 Å². The Labute approximate surface area is 121 Å². The minimum absolute atomic E-state index is 0.600. The summed E-state index contributed by atoms with van der Waals surface area (Å²) in [7, 11) is -0.353. The Bertz CT molecular complexity index is 556. The maximum absolute atomic E-state index is 6.14. The molecule has 2 aromatic carbocycles. The van der Waals surface area contributed by atoms with Gasteiger partial charge in [0.05, 0.1) is 6.61 Å². The van der Waals surface area contributed by atoms with Gasteiger partial charge >= 0.3 is 8.56 Å². The predicted molar refractivity (Wildman–Crippen MR) is 85.8 cm³/mol. The zero-order valence-electron chi connectivity index (χ0n) is 12.3. The minimum atomic E-state index is -2.09. The molecular weight excluding hydrogens is 266 g/mol. The topological polar surface area (TPSA) is 44.5 Å². The first kappa shape index (κ1) is 15.2. The van der Waals surface area contributed by atoms with Crippen LogP contribution < -0.4 is 5.73 Å². The van der Waals surface area contributed by atoms with Crippen LogP contribution in [0.5, 0.6) is 0 Å². The van der Waals surface area contributed by atoms with E-state index in [2.05, 4.69) is 49.0 Å². The van der Waals surface area contributed by atoms with Crippen LogP contribution in [0.3, 0.4) is 0 Å². The van der Waals surface area contributed by atoms with Gasteiger partial charge in [-0.25, -0.2) is 0 Å². The van der Waals surface area contributed by atoms with E-state index in [1.807, 2.05) is 0 Å². The maximum atomic E-state index is 6.14. The van der Waals surface area contributed by atoms with Gasteiger partial charge in [0.1, 0.15) is 0 Å². The second kappa shape index (κ2) is 6.99. The Morgan fingerprint density at radius 2 is 1.85 bits per heavy atom. The summed E-state index contributed by atoms with van der Waals surface area (Å²) >= 11 is 0. The third kappa shape index (κ3) is 3.67. The lowest BCUT2D eigenvalue weighted by Crippen LogP contribution is -2.37. The SMILES string of the molecule is CO[Si](C)(CCCN)OCc1cccc2ccccc12. The van der Waals surface area contributed by atoms with E-state index < -0.39 is 8.56 Å². The van der Waals surface area contributed by atoms with Crippen molar-refractivity contribution in [2.75, 3.05) is 13.7 Å². The van der Waals surface area contributed by atoms with Gasteiger partial charge in [-0.1, -0.05) is 42.5 Å². The fraction of sp³-hybridized carbons (Fsp3) is 0.375. The van der Waals surface area contributed by atoms with Crippen LogP contribution in [-0.4, -0.2) is 22.2 Å². The number of benzene rings is 2. The molecule has 0 radical (unpaired) electrons. The van der Waals surface area contributed by atoms with Gasteiger partial charge < -0.3 is 14.6 Å². The third-order valence-electron chi connectivity index (χ3n) is 3.68. The molecule has 0 aliphatic heterocycles. The summed E-state index contributed by atoms with van der Waals surface area (Å²) in [4.78, 5) is 0. The highest BCUT2D eigenvalue weighted by Crippen LogP contribution is 2.22. The van der Waals surface area contributed by atoms with Crippen LogP contribution in [0.25, 0.3) is 10.8 Å². The van der Waals surface area contributed by atoms with Crippen molar-refractivity contribution in [2.45, 2.75) is 25.6 Å². The number of hydrogen-bond acceptors (Lipinski definition) is 3. The number of nitrogens with two attached hydrogens (primary N) is 1. The average Bonchev–Trinajstić information content (AvgIpc) is 2.51. The molecule has 2 rings (SSSR count). The number of rotatable bonds is 7. The molecule has 0 bridgehead atoms. The summed E-state index contributed by atoms with van der Waals surface area (Å²) in [6.07, 6.45) is 0.950. The van der Waals surface area contributed by atoms with Crippen molar-refractivity contribution in [3.63, 3.8) is 0 Å². The van der Waals surface area contributed by atoms with Gasteiger partial charge in [0.15, 0.2) is 0 Å². The zero-order chi connectivity index (χ0) is 14.4. The Kier molecular flexibility index (Phi) is 5.31. The van der Waals surface area contributed by atoms with Gasteiger partial charge in [-0.15, -0.1) is 0 Å². The molecule has 4 heteroatoms. The predicted octanol–water partition coefficient (Wildman–Crippen LogP) is 3.42. The highest BCUT2D eigenvalue weighted by Gasteiger charge is 2.29. The molecule has 108 valence electrons. The fourth-order valence-electron chi connectivity index (χ4n) is 2.31. The number of fused-ring (bicyclic) bond motifs is 1. The molecule has 0 saturated carbocycles. The van der Waals surface area contributed by atoms with Gasteiger partial charge in [-0.3, -0.25) is 0 Å². The van der Waals surface area contributed by atoms with Crippen LogP contribution in [0, 0.1) is 0 Å². The van der Waals surface area contributed by atoms with Gasteiger partial charge in [-0.2, -0.15) is 0 Å². The molecule has 1 unspecified atom stereocenters. The van der Waals surface area contributed by atoms with Crippen LogP contribution in [0.2, 0.25) is 12.6 Å². The van der Waals surface area contributed by atoms with E-state index in [1.54, 1.807) is 7.11 Å². The van der Waals surface area contributed by atoms with Crippen LogP contribution in [0.4, 0.5) is 0 Å². The molecule has 0 heterocycles. The Hall–Kier alpha value is -1.20. The highest BCUT2D eigenvalue weighted by atomic mass is 28.4. The van der Waals surface area contributed by atoms with Crippen LogP contribution in [0.1, 0.15) is 12.0 Å². The summed E-state index contributed by atoms with van der Waals surface area (Å²) in [5.41, 5.74) is 6.80. The first-order chi connectivity index (χ1) is 9.68. The molecule has 0 aliphatic rings. The zero-order valence-corrected chi connectivity index (χ0v) is 13.3. The molecule has 0 amide bonds. The summed E-state index contributed by atoms with van der Waals surface area (Å²) in [6, 6.07) is 15.6. The molecule has 3 nitrogen and oxygen atoms in total. The van der Waals surface area contributed by atoms with E-state index in [4.69, 9.17) is 14.6 Å². The lowest BCUT2D eigenvalue weighted by atomic mass is 10.1. The van der Waals surface area contributed by atoms with Crippen molar-refractivity contribution in [1.29, 1.82) is 0 Å². The van der Waals surface area contributed by atoms with Crippen molar-refractivity contribution in [3.05, 3.63) is 48.0 Å². The summed E-state index contributed by atoms with van der Waals surface area (Å²) < 4.78 is 11.8. The van der Waals surface area contributed by atoms with Crippen LogP contribution in [0.15, 0.2) is 42.5 Å².